The minimum Gasteiger partial charge on any atom is -0.441 e. The Balaban J connectivity index is 1.84. The predicted molar refractivity (Wildman–Crippen MR) is 58.7 cm³/mol. The molecule has 1 fully saturated rings. The van der Waals surface area contributed by atoms with Gasteiger partial charge in [-0.1, -0.05) is 12.1 Å². The van der Waals surface area contributed by atoms with Crippen LogP contribution < -0.4 is 5.32 Å². The Bertz CT molecular complexity index is 424. The second-order valence-electron chi connectivity index (χ2n) is 4.07. The number of nitrogens with one attached hydrogen (secondary N) is 1. The summed E-state index contributed by atoms with van der Waals surface area (Å²) in [7, 11) is 0. The first-order valence-electron chi connectivity index (χ1n) is 5.50. The second-order valence-corrected chi connectivity index (χ2v) is 4.07. The molecule has 0 unspecified atom stereocenters. The van der Waals surface area contributed by atoms with Crippen LogP contribution in [0.3, 0.4) is 0 Å². The Labute approximate surface area is 88.5 Å². The molecule has 1 N–H and O–H groups in total. The lowest BCUT2D eigenvalue weighted by Gasteiger charge is -2.05. The summed E-state index contributed by atoms with van der Waals surface area (Å²) in [6, 6.07) is 8.48. The molecule has 2 aromatic rings. The number of hydrogen-bond donors (Lipinski definition) is 1. The fourth-order valence-corrected chi connectivity index (χ4v) is 2.15. The Morgan fingerprint density at radius 1 is 1.40 bits per heavy atom. The van der Waals surface area contributed by atoms with Gasteiger partial charge in [-0.05, 0) is 31.5 Å². The minimum atomic E-state index is 0.554. The van der Waals surface area contributed by atoms with Crippen molar-refractivity contribution in [3.05, 3.63) is 30.2 Å². The predicted octanol–water partition coefficient (Wildman–Crippen LogP) is 2.12. The monoisotopic (exact) mass is 202 g/mol. The van der Waals surface area contributed by atoms with Crippen molar-refractivity contribution in [2.75, 3.05) is 6.54 Å². The smallest absolute Gasteiger partial charge is 0.197 e. The summed E-state index contributed by atoms with van der Waals surface area (Å²) in [5.74, 6) is 0.857. The first kappa shape index (κ1) is 8.92. The van der Waals surface area contributed by atoms with Gasteiger partial charge in [0.05, 0.1) is 0 Å². The van der Waals surface area contributed by atoms with E-state index in [1.165, 1.54) is 12.8 Å². The molecule has 0 saturated carbocycles. The van der Waals surface area contributed by atoms with E-state index in [1.807, 2.05) is 24.3 Å². The van der Waals surface area contributed by atoms with Gasteiger partial charge in [-0.2, -0.15) is 0 Å². The van der Waals surface area contributed by atoms with Crippen molar-refractivity contribution in [1.82, 2.24) is 10.3 Å². The molecule has 0 radical (unpaired) electrons. The highest BCUT2D eigenvalue weighted by molar-refractivity contribution is 5.72. The lowest BCUT2D eigenvalue weighted by molar-refractivity contribution is 0.478. The van der Waals surface area contributed by atoms with Crippen LogP contribution in [0.5, 0.6) is 0 Å². The molecule has 1 aliphatic heterocycles. The van der Waals surface area contributed by atoms with Gasteiger partial charge in [0.2, 0.25) is 0 Å². The molecule has 2 heterocycles. The molecule has 1 aliphatic rings. The van der Waals surface area contributed by atoms with E-state index in [9.17, 15) is 0 Å². The number of fused-ring (bicyclic) bond motifs is 1. The average molecular weight is 202 g/mol. The van der Waals surface area contributed by atoms with Crippen molar-refractivity contribution in [2.24, 2.45) is 0 Å². The highest BCUT2D eigenvalue weighted by Crippen LogP contribution is 2.17. The van der Waals surface area contributed by atoms with Crippen LogP contribution >= 0.6 is 0 Å². The zero-order chi connectivity index (χ0) is 10.1. The number of nitrogens with zero attached hydrogens (tertiary/aromatic N) is 1. The topological polar surface area (TPSA) is 38.1 Å². The molecule has 1 atom stereocenters. The summed E-state index contributed by atoms with van der Waals surface area (Å²) in [4.78, 5) is 4.47. The van der Waals surface area contributed by atoms with Crippen LogP contribution in [0.4, 0.5) is 0 Å². The number of hydrogen-bond acceptors (Lipinski definition) is 3. The van der Waals surface area contributed by atoms with Gasteiger partial charge in [0.15, 0.2) is 11.5 Å². The highest BCUT2D eigenvalue weighted by atomic mass is 16.3. The van der Waals surface area contributed by atoms with Gasteiger partial charge in [-0.3, -0.25) is 0 Å². The van der Waals surface area contributed by atoms with E-state index in [2.05, 4.69) is 10.3 Å². The maximum absolute atomic E-state index is 5.68. The minimum absolute atomic E-state index is 0.554. The molecule has 0 amide bonds. The van der Waals surface area contributed by atoms with Crippen LogP contribution in [0.25, 0.3) is 11.1 Å². The van der Waals surface area contributed by atoms with Crippen LogP contribution in [0, 0.1) is 0 Å². The molecule has 3 rings (SSSR count). The standard InChI is InChI=1S/C12H14N2O/c1-2-6-11-10(5-1)14-12(15-11)8-9-4-3-7-13-9/h1-2,5-6,9,13H,3-4,7-8H2/t9-/m0/s1. The van der Waals surface area contributed by atoms with E-state index in [0.717, 1.165) is 30.0 Å². The third-order valence-electron chi connectivity index (χ3n) is 2.92. The third kappa shape index (κ3) is 1.75. The van der Waals surface area contributed by atoms with Crippen LogP contribution in [0.15, 0.2) is 28.7 Å². The Kier molecular flexibility index (Phi) is 2.18. The van der Waals surface area contributed by atoms with Crippen LogP contribution in [-0.2, 0) is 6.42 Å². The van der Waals surface area contributed by atoms with Crippen molar-refractivity contribution in [2.45, 2.75) is 25.3 Å². The molecule has 3 heteroatoms. The van der Waals surface area contributed by atoms with E-state index in [0.29, 0.717) is 6.04 Å². The first-order chi connectivity index (χ1) is 7.42. The van der Waals surface area contributed by atoms with E-state index >= 15 is 0 Å². The van der Waals surface area contributed by atoms with Gasteiger partial charge in [0.25, 0.3) is 0 Å². The number of oxazole rings is 1. The summed E-state index contributed by atoms with van der Waals surface area (Å²) in [5, 5.41) is 3.45. The van der Waals surface area contributed by atoms with Gasteiger partial charge in [0.1, 0.15) is 5.52 Å². The Hall–Kier alpha value is -1.35. The number of para-hydroxylation sites is 2. The largest absolute Gasteiger partial charge is 0.441 e. The summed E-state index contributed by atoms with van der Waals surface area (Å²) < 4.78 is 5.68. The lowest BCUT2D eigenvalue weighted by atomic mass is 10.2. The summed E-state index contributed by atoms with van der Waals surface area (Å²) in [6.45, 7) is 1.13. The number of benzene rings is 1. The molecule has 0 aliphatic carbocycles. The Morgan fingerprint density at radius 2 is 2.33 bits per heavy atom. The average Bonchev–Trinajstić information content (AvgIpc) is 2.86. The van der Waals surface area contributed by atoms with E-state index in [4.69, 9.17) is 4.42 Å². The second kappa shape index (κ2) is 3.66. The van der Waals surface area contributed by atoms with Crippen LogP contribution in [-0.4, -0.2) is 17.6 Å². The van der Waals surface area contributed by atoms with Gasteiger partial charge >= 0.3 is 0 Å². The first-order valence-corrected chi connectivity index (χ1v) is 5.50. The van der Waals surface area contributed by atoms with Gasteiger partial charge in [-0.15, -0.1) is 0 Å². The maximum atomic E-state index is 5.68. The van der Waals surface area contributed by atoms with Crippen LogP contribution in [0.1, 0.15) is 18.7 Å². The summed E-state index contributed by atoms with van der Waals surface area (Å²) >= 11 is 0. The molecule has 78 valence electrons. The lowest BCUT2D eigenvalue weighted by Crippen LogP contribution is -2.23. The van der Waals surface area contributed by atoms with Crippen molar-refractivity contribution < 1.29 is 4.42 Å². The quantitative estimate of drug-likeness (QED) is 0.810. The zero-order valence-corrected chi connectivity index (χ0v) is 8.57. The fraction of sp³-hybridized carbons (Fsp3) is 0.417. The number of rotatable bonds is 2. The number of aromatic nitrogens is 1. The molecule has 0 spiro atoms. The molecule has 0 bridgehead atoms. The van der Waals surface area contributed by atoms with Gasteiger partial charge in [-0.25, -0.2) is 4.98 Å². The molecular weight excluding hydrogens is 188 g/mol. The zero-order valence-electron chi connectivity index (χ0n) is 8.57. The van der Waals surface area contributed by atoms with Gasteiger partial charge < -0.3 is 9.73 Å². The van der Waals surface area contributed by atoms with E-state index in [-0.39, 0.29) is 0 Å². The van der Waals surface area contributed by atoms with Crippen molar-refractivity contribution >= 4 is 11.1 Å². The normalized spacial score (nSPS) is 21.2. The van der Waals surface area contributed by atoms with E-state index < -0.39 is 0 Å². The van der Waals surface area contributed by atoms with Crippen LogP contribution in [0.2, 0.25) is 0 Å². The van der Waals surface area contributed by atoms with Gasteiger partial charge in [0, 0.05) is 12.5 Å². The van der Waals surface area contributed by atoms with Crippen molar-refractivity contribution in [3.63, 3.8) is 0 Å². The SMILES string of the molecule is c1ccc2oc(C[C@@H]3CCCN3)nc2c1. The maximum Gasteiger partial charge on any atom is 0.197 e. The molecule has 3 nitrogen and oxygen atoms in total. The fourth-order valence-electron chi connectivity index (χ4n) is 2.15. The highest BCUT2D eigenvalue weighted by Gasteiger charge is 2.17. The molecular formula is C12H14N2O. The molecule has 1 aromatic carbocycles. The van der Waals surface area contributed by atoms with Crippen molar-refractivity contribution in [3.8, 4) is 0 Å². The summed E-state index contributed by atoms with van der Waals surface area (Å²) in [5.41, 5.74) is 1.86. The molecule has 1 saturated heterocycles. The Morgan fingerprint density at radius 3 is 3.13 bits per heavy atom. The third-order valence-corrected chi connectivity index (χ3v) is 2.92. The van der Waals surface area contributed by atoms with E-state index in [1.54, 1.807) is 0 Å². The molecule has 15 heavy (non-hydrogen) atoms. The molecule has 1 aromatic heterocycles. The summed E-state index contributed by atoms with van der Waals surface area (Å²) in [6.07, 6.45) is 3.41. The van der Waals surface area contributed by atoms with Crippen molar-refractivity contribution in [1.29, 1.82) is 0 Å².